The molecule has 0 saturated heterocycles. The molecular formula is C12H12N2O4. The van der Waals surface area contributed by atoms with Gasteiger partial charge in [-0.25, -0.2) is 4.79 Å². The minimum absolute atomic E-state index is 0.0256. The van der Waals surface area contributed by atoms with Crippen molar-refractivity contribution >= 4 is 22.6 Å². The summed E-state index contributed by atoms with van der Waals surface area (Å²) in [5.41, 5.74) is 1.63. The molecule has 0 aliphatic carbocycles. The Hall–Kier alpha value is -2.37. The van der Waals surface area contributed by atoms with Crippen LogP contribution in [0.15, 0.2) is 18.2 Å². The Morgan fingerprint density at radius 2 is 2.22 bits per heavy atom. The van der Waals surface area contributed by atoms with Gasteiger partial charge >= 0.3 is 5.97 Å². The van der Waals surface area contributed by atoms with E-state index in [1.165, 1.54) is 12.1 Å². The molecule has 0 fully saturated rings. The van der Waals surface area contributed by atoms with E-state index in [0.29, 0.717) is 10.9 Å². The van der Waals surface area contributed by atoms with Crippen molar-refractivity contribution in [3.8, 4) is 0 Å². The third-order valence-electron chi connectivity index (χ3n) is 2.67. The molecule has 1 aromatic heterocycles. The molecule has 0 atom stereocenters. The highest BCUT2D eigenvalue weighted by atomic mass is 16.6. The lowest BCUT2D eigenvalue weighted by atomic mass is 10.1. The quantitative estimate of drug-likeness (QED) is 0.514. The van der Waals surface area contributed by atoms with E-state index >= 15 is 0 Å². The summed E-state index contributed by atoms with van der Waals surface area (Å²) in [6, 6.07) is 4.53. The Bertz CT molecular complexity index is 630. The molecule has 1 heterocycles. The first-order chi connectivity index (χ1) is 8.54. The van der Waals surface area contributed by atoms with E-state index in [1.807, 2.05) is 6.92 Å². The van der Waals surface area contributed by atoms with Crippen molar-refractivity contribution in [2.24, 2.45) is 0 Å². The van der Waals surface area contributed by atoms with Crippen LogP contribution in [0.1, 0.15) is 23.0 Å². The summed E-state index contributed by atoms with van der Waals surface area (Å²) in [5, 5.41) is 11.3. The predicted octanol–water partition coefficient (Wildman–Crippen LogP) is 2.56. The number of rotatable bonds is 3. The highest BCUT2D eigenvalue weighted by molar-refractivity contribution is 5.99. The van der Waals surface area contributed by atoms with Gasteiger partial charge in [-0.3, -0.25) is 10.1 Å². The van der Waals surface area contributed by atoms with E-state index in [1.54, 1.807) is 13.0 Å². The lowest BCUT2D eigenvalue weighted by Gasteiger charge is -1.97. The molecule has 0 aliphatic rings. The van der Waals surface area contributed by atoms with Gasteiger partial charge in [0.2, 0.25) is 0 Å². The van der Waals surface area contributed by atoms with Crippen LogP contribution in [0, 0.1) is 17.0 Å². The fraction of sp³-hybridized carbons (Fsp3) is 0.250. The number of nitrogens with one attached hydrogen (secondary N) is 1. The third kappa shape index (κ3) is 1.92. The number of esters is 1. The minimum Gasteiger partial charge on any atom is -0.461 e. The van der Waals surface area contributed by atoms with Crippen LogP contribution in [-0.4, -0.2) is 22.5 Å². The molecule has 0 spiro atoms. The lowest BCUT2D eigenvalue weighted by molar-refractivity contribution is -0.383. The fourth-order valence-corrected chi connectivity index (χ4v) is 1.82. The van der Waals surface area contributed by atoms with Crippen LogP contribution < -0.4 is 0 Å². The molecular weight excluding hydrogens is 236 g/mol. The van der Waals surface area contributed by atoms with E-state index in [9.17, 15) is 14.9 Å². The second kappa shape index (κ2) is 4.48. The number of non-ortho nitro benzene ring substituents is 1. The summed E-state index contributed by atoms with van der Waals surface area (Å²) in [6.45, 7) is 3.78. The van der Waals surface area contributed by atoms with E-state index in [2.05, 4.69) is 4.98 Å². The van der Waals surface area contributed by atoms with Crippen molar-refractivity contribution in [1.82, 2.24) is 4.98 Å². The number of aromatic nitrogens is 1. The molecule has 0 radical (unpaired) electrons. The molecule has 0 amide bonds. The molecule has 94 valence electrons. The fourth-order valence-electron chi connectivity index (χ4n) is 1.82. The van der Waals surface area contributed by atoms with Gasteiger partial charge in [-0.2, -0.15) is 0 Å². The smallest absolute Gasteiger partial charge is 0.354 e. The van der Waals surface area contributed by atoms with Gasteiger partial charge in [0, 0.05) is 6.07 Å². The number of H-pyrrole nitrogens is 1. The number of carbonyl (C=O) groups is 1. The zero-order valence-corrected chi connectivity index (χ0v) is 10.0. The van der Waals surface area contributed by atoms with E-state index in [0.717, 1.165) is 5.56 Å². The Morgan fingerprint density at radius 3 is 2.83 bits per heavy atom. The number of nitrogens with zero attached hydrogens (tertiary/aromatic N) is 1. The Morgan fingerprint density at radius 1 is 1.50 bits per heavy atom. The number of carbonyl (C=O) groups excluding carboxylic acids is 1. The average molecular weight is 248 g/mol. The average Bonchev–Trinajstić information content (AvgIpc) is 2.75. The van der Waals surface area contributed by atoms with Crippen LogP contribution in [0.4, 0.5) is 5.69 Å². The van der Waals surface area contributed by atoms with Gasteiger partial charge in [-0.15, -0.1) is 0 Å². The molecule has 1 aromatic carbocycles. The summed E-state index contributed by atoms with van der Waals surface area (Å²) in [5.74, 6) is -0.512. The number of nitro groups is 1. The first-order valence-electron chi connectivity index (χ1n) is 5.48. The van der Waals surface area contributed by atoms with Crippen LogP contribution in [0.25, 0.3) is 10.9 Å². The van der Waals surface area contributed by atoms with Gasteiger partial charge in [0.15, 0.2) is 0 Å². The first-order valence-corrected chi connectivity index (χ1v) is 5.48. The Kier molecular flexibility index (Phi) is 3.01. The number of aromatic amines is 1. The molecule has 2 aromatic rings. The monoisotopic (exact) mass is 248 g/mol. The van der Waals surface area contributed by atoms with E-state index < -0.39 is 10.9 Å². The molecule has 0 aliphatic heterocycles. The van der Waals surface area contributed by atoms with Crippen molar-refractivity contribution in [3.05, 3.63) is 39.6 Å². The molecule has 6 nitrogen and oxygen atoms in total. The van der Waals surface area contributed by atoms with Crippen molar-refractivity contribution in [2.75, 3.05) is 6.61 Å². The number of hydrogen-bond donors (Lipinski definition) is 1. The van der Waals surface area contributed by atoms with Gasteiger partial charge in [0.25, 0.3) is 5.69 Å². The first kappa shape index (κ1) is 12.1. The zero-order chi connectivity index (χ0) is 13.3. The second-order valence-electron chi connectivity index (χ2n) is 3.85. The van der Waals surface area contributed by atoms with Crippen LogP contribution in [-0.2, 0) is 4.74 Å². The van der Waals surface area contributed by atoms with Crippen molar-refractivity contribution in [3.63, 3.8) is 0 Å². The molecule has 18 heavy (non-hydrogen) atoms. The highest BCUT2D eigenvalue weighted by Crippen LogP contribution is 2.28. The maximum absolute atomic E-state index is 11.6. The number of aryl methyl sites for hydroxylation is 1. The number of fused-ring (bicyclic) bond motifs is 1. The number of hydrogen-bond acceptors (Lipinski definition) is 4. The normalized spacial score (nSPS) is 10.6. The summed E-state index contributed by atoms with van der Waals surface area (Å²) in [7, 11) is 0. The van der Waals surface area contributed by atoms with Crippen LogP contribution in [0.5, 0.6) is 0 Å². The van der Waals surface area contributed by atoms with Crippen LogP contribution >= 0.6 is 0 Å². The zero-order valence-electron chi connectivity index (χ0n) is 10.0. The summed E-state index contributed by atoms with van der Waals surface area (Å²) in [4.78, 5) is 24.9. The van der Waals surface area contributed by atoms with Crippen molar-refractivity contribution in [1.29, 1.82) is 0 Å². The van der Waals surface area contributed by atoms with Gasteiger partial charge in [-0.1, -0.05) is 6.07 Å². The number of ether oxygens (including phenoxy) is 1. The largest absolute Gasteiger partial charge is 0.461 e. The SMILES string of the molecule is CCOC(=O)c1cc2c([N+](=O)[O-])ccc(C)c2[nH]1. The van der Waals surface area contributed by atoms with Gasteiger partial charge in [-0.05, 0) is 25.5 Å². The van der Waals surface area contributed by atoms with Gasteiger partial charge in [0.1, 0.15) is 5.69 Å². The van der Waals surface area contributed by atoms with Gasteiger partial charge in [0.05, 0.1) is 22.4 Å². The third-order valence-corrected chi connectivity index (χ3v) is 2.67. The molecule has 1 N–H and O–H groups in total. The molecule has 6 heteroatoms. The molecule has 0 unspecified atom stereocenters. The summed E-state index contributed by atoms with van der Waals surface area (Å²) < 4.78 is 4.86. The van der Waals surface area contributed by atoms with Crippen molar-refractivity contribution < 1.29 is 14.5 Å². The highest BCUT2D eigenvalue weighted by Gasteiger charge is 2.18. The molecule has 0 bridgehead atoms. The lowest BCUT2D eigenvalue weighted by Crippen LogP contribution is -2.04. The summed E-state index contributed by atoms with van der Waals surface area (Å²) in [6.07, 6.45) is 0. The van der Waals surface area contributed by atoms with Crippen LogP contribution in [0.2, 0.25) is 0 Å². The summed E-state index contributed by atoms with van der Waals surface area (Å²) >= 11 is 0. The number of nitro benzene ring substituents is 1. The van der Waals surface area contributed by atoms with E-state index in [4.69, 9.17) is 4.74 Å². The van der Waals surface area contributed by atoms with Gasteiger partial charge < -0.3 is 9.72 Å². The maximum atomic E-state index is 11.6. The predicted molar refractivity (Wildman–Crippen MR) is 65.6 cm³/mol. The minimum atomic E-state index is -0.512. The Labute approximate surface area is 103 Å². The molecule has 2 rings (SSSR count). The molecule has 0 saturated carbocycles. The van der Waals surface area contributed by atoms with Crippen molar-refractivity contribution in [2.45, 2.75) is 13.8 Å². The van der Waals surface area contributed by atoms with Crippen LogP contribution in [0.3, 0.4) is 0 Å². The second-order valence-corrected chi connectivity index (χ2v) is 3.85. The standard InChI is InChI=1S/C12H12N2O4/c1-3-18-12(15)9-6-8-10(14(16)17)5-4-7(2)11(8)13-9/h4-6,13H,3H2,1-2H3. The van der Waals surface area contributed by atoms with E-state index in [-0.39, 0.29) is 18.0 Å². The topological polar surface area (TPSA) is 85.2 Å². The maximum Gasteiger partial charge on any atom is 0.354 e. The Balaban J connectivity index is 2.62. The number of benzene rings is 1.